The molecular formula is C14H23N3O2. The number of carbonyl (C=O) groups is 2. The summed E-state index contributed by atoms with van der Waals surface area (Å²) in [5.74, 6) is 0.0471. The first-order valence-electron chi connectivity index (χ1n) is 7.56. The molecule has 2 aliphatic heterocycles. The van der Waals surface area contributed by atoms with Crippen LogP contribution in [-0.2, 0) is 9.59 Å². The minimum absolute atomic E-state index is 0.183. The van der Waals surface area contributed by atoms with E-state index in [-0.39, 0.29) is 17.9 Å². The first kappa shape index (κ1) is 12.9. The fourth-order valence-corrected chi connectivity index (χ4v) is 3.63. The van der Waals surface area contributed by atoms with Crippen molar-refractivity contribution in [3.05, 3.63) is 0 Å². The average Bonchev–Trinajstić information content (AvgIpc) is 2.46. The maximum Gasteiger partial charge on any atom is 0.312 e. The molecule has 2 heterocycles. The van der Waals surface area contributed by atoms with Crippen LogP contribution in [0.5, 0.6) is 0 Å². The van der Waals surface area contributed by atoms with E-state index in [4.69, 9.17) is 0 Å². The zero-order valence-electron chi connectivity index (χ0n) is 11.4. The van der Waals surface area contributed by atoms with Crippen LogP contribution in [0.15, 0.2) is 0 Å². The molecular weight excluding hydrogens is 242 g/mol. The Morgan fingerprint density at radius 1 is 1.11 bits per heavy atom. The molecule has 3 rings (SSSR count). The van der Waals surface area contributed by atoms with Crippen LogP contribution in [0.1, 0.15) is 32.1 Å². The average molecular weight is 265 g/mol. The Bertz CT molecular complexity index is 364. The lowest BCUT2D eigenvalue weighted by Crippen LogP contribution is -2.66. The van der Waals surface area contributed by atoms with Gasteiger partial charge in [0, 0.05) is 32.7 Å². The highest BCUT2D eigenvalue weighted by atomic mass is 16.2. The van der Waals surface area contributed by atoms with Gasteiger partial charge in [-0.1, -0.05) is 19.3 Å². The van der Waals surface area contributed by atoms with Crippen molar-refractivity contribution in [1.29, 1.82) is 0 Å². The van der Waals surface area contributed by atoms with Crippen LogP contribution in [0.25, 0.3) is 0 Å². The van der Waals surface area contributed by atoms with E-state index in [1.807, 2.05) is 4.90 Å². The van der Waals surface area contributed by atoms with Gasteiger partial charge < -0.3 is 15.1 Å². The molecule has 19 heavy (non-hydrogen) atoms. The lowest BCUT2D eigenvalue weighted by molar-refractivity contribution is -0.160. The van der Waals surface area contributed by atoms with E-state index in [0.29, 0.717) is 19.0 Å². The van der Waals surface area contributed by atoms with E-state index in [0.717, 1.165) is 19.6 Å². The Labute approximate surface area is 114 Å². The molecule has 1 N–H and O–H groups in total. The van der Waals surface area contributed by atoms with Crippen LogP contribution in [0.2, 0.25) is 0 Å². The molecule has 1 atom stereocenters. The zero-order chi connectivity index (χ0) is 13.2. The third kappa shape index (κ3) is 2.61. The van der Waals surface area contributed by atoms with Crippen molar-refractivity contribution in [2.45, 2.75) is 38.1 Å². The van der Waals surface area contributed by atoms with Gasteiger partial charge in [-0.15, -0.1) is 0 Å². The molecule has 3 aliphatic rings. The van der Waals surface area contributed by atoms with E-state index in [9.17, 15) is 9.59 Å². The summed E-state index contributed by atoms with van der Waals surface area (Å²) < 4.78 is 0. The molecule has 1 unspecified atom stereocenters. The molecule has 2 amide bonds. The highest BCUT2D eigenvalue weighted by Gasteiger charge is 2.40. The molecule has 0 bridgehead atoms. The maximum absolute atomic E-state index is 12.2. The monoisotopic (exact) mass is 265 g/mol. The van der Waals surface area contributed by atoms with Gasteiger partial charge in [0.2, 0.25) is 0 Å². The van der Waals surface area contributed by atoms with E-state index in [1.54, 1.807) is 4.90 Å². The van der Waals surface area contributed by atoms with E-state index >= 15 is 0 Å². The van der Waals surface area contributed by atoms with Crippen LogP contribution in [0, 0.1) is 5.92 Å². The van der Waals surface area contributed by atoms with Crippen LogP contribution in [0.4, 0.5) is 0 Å². The molecule has 1 saturated carbocycles. The summed E-state index contributed by atoms with van der Waals surface area (Å²) in [5, 5.41) is 3.31. The van der Waals surface area contributed by atoms with Gasteiger partial charge in [0.05, 0.1) is 6.04 Å². The first-order valence-corrected chi connectivity index (χ1v) is 7.56. The Morgan fingerprint density at radius 2 is 1.89 bits per heavy atom. The highest BCUT2D eigenvalue weighted by molar-refractivity contribution is 6.35. The summed E-state index contributed by atoms with van der Waals surface area (Å²) in [5.41, 5.74) is 0. The summed E-state index contributed by atoms with van der Waals surface area (Å²) in [4.78, 5) is 27.9. The fraction of sp³-hybridized carbons (Fsp3) is 0.857. The fourth-order valence-electron chi connectivity index (χ4n) is 3.63. The van der Waals surface area contributed by atoms with Gasteiger partial charge in [0.15, 0.2) is 0 Å². The molecule has 0 aromatic heterocycles. The molecule has 0 spiro atoms. The van der Waals surface area contributed by atoms with Gasteiger partial charge in [-0.25, -0.2) is 0 Å². The summed E-state index contributed by atoms with van der Waals surface area (Å²) >= 11 is 0. The minimum Gasteiger partial charge on any atom is -0.332 e. The zero-order valence-corrected chi connectivity index (χ0v) is 11.4. The number of rotatable bonds is 2. The van der Waals surface area contributed by atoms with E-state index < -0.39 is 0 Å². The van der Waals surface area contributed by atoms with Crippen molar-refractivity contribution in [3.63, 3.8) is 0 Å². The Morgan fingerprint density at radius 3 is 2.68 bits per heavy atom. The number of hydrogen-bond donors (Lipinski definition) is 1. The van der Waals surface area contributed by atoms with E-state index in [1.165, 1.54) is 32.1 Å². The summed E-state index contributed by atoms with van der Waals surface area (Å²) in [6.07, 6.45) is 6.30. The lowest BCUT2D eigenvalue weighted by Gasteiger charge is -2.44. The normalized spacial score (nSPS) is 29.6. The molecule has 106 valence electrons. The number of carbonyl (C=O) groups excluding carboxylic acids is 2. The third-order valence-electron chi connectivity index (χ3n) is 4.72. The van der Waals surface area contributed by atoms with Crippen LogP contribution < -0.4 is 5.32 Å². The number of nitrogens with one attached hydrogen (secondary N) is 1. The Kier molecular flexibility index (Phi) is 3.73. The maximum atomic E-state index is 12.2. The van der Waals surface area contributed by atoms with Crippen molar-refractivity contribution in [3.8, 4) is 0 Å². The van der Waals surface area contributed by atoms with Crippen molar-refractivity contribution in [2.75, 3.05) is 32.7 Å². The lowest BCUT2D eigenvalue weighted by atomic mass is 9.88. The number of piperazine rings is 2. The Balaban J connectivity index is 1.64. The Hall–Kier alpha value is -1.10. The number of hydrogen-bond acceptors (Lipinski definition) is 3. The van der Waals surface area contributed by atoms with Crippen molar-refractivity contribution in [2.24, 2.45) is 5.92 Å². The molecule has 3 fully saturated rings. The second-order valence-electron chi connectivity index (χ2n) is 6.07. The highest BCUT2D eigenvalue weighted by Crippen LogP contribution is 2.25. The molecule has 0 radical (unpaired) electrons. The van der Waals surface area contributed by atoms with Crippen molar-refractivity contribution in [1.82, 2.24) is 15.1 Å². The molecule has 0 aromatic carbocycles. The van der Waals surface area contributed by atoms with Gasteiger partial charge in [-0.3, -0.25) is 9.59 Å². The molecule has 0 aromatic rings. The third-order valence-corrected chi connectivity index (χ3v) is 4.72. The van der Waals surface area contributed by atoms with Gasteiger partial charge >= 0.3 is 11.8 Å². The van der Waals surface area contributed by atoms with Gasteiger partial charge in [-0.05, 0) is 18.8 Å². The summed E-state index contributed by atoms with van der Waals surface area (Å²) in [6.45, 7) is 3.80. The number of fused-ring (bicyclic) bond motifs is 1. The smallest absolute Gasteiger partial charge is 0.312 e. The van der Waals surface area contributed by atoms with Crippen LogP contribution in [-0.4, -0.2) is 60.4 Å². The predicted octanol–water partition coefficient (Wildman–Crippen LogP) is 0.209. The first-order chi connectivity index (χ1) is 9.25. The van der Waals surface area contributed by atoms with Gasteiger partial charge in [-0.2, -0.15) is 0 Å². The molecule has 5 heteroatoms. The van der Waals surface area contributed by atoms with Crippen LogP contribution in [0.3, 0.4) is 0 Å². The minimum atomic E-state index is -0.284. The summed E-state index contributed by atoms with van der Waals surface area (Å²) in [7, 11) is 0. The number of amides is 2. The van der Waals surface area contributed by atoms with Crippen LogP contribution >= 0.6 is 0 Å². The second kappa shape index (κ2) is 5.49. The predicted molar refractivity (Wildman–Crippen MR) is 71.5 cm³/mol. The van der Waals surface area contributed by atoms with Crippen molar-refractivity contribution < 1.29 is 9.59 Å². The van der Waals surface area contributed by atoms with E-state index in [2.05, 4.69) is 5.32 Å². The quantitative estimate of drug-likeness (QED) is 0.726. The van der Waals surface area contributed by atoms with Gasteiger partial charge in [0.25, 0.3) is 0 Å². The molecule has 1 aliphatic carbocycles. The van der Waals surface area contributed by atoms with Gasteiger partial charge in [0.1, 0.15) is 0 Å². The SMILES string of the molecule is O=C1C(=O)N2CCNCC2CN1CC1CCCCC1. The van der Waals surface area contributed by atoms with Crippen molar-refractivity contribution >= 4 is 11.8 Å². The largest absolute Gasteiger partial charge is 0.332 e. The summed E-state index contributed by atoms with van der Waals surface area (Å²) in [6, 6.07) is 0.183. The molecule has 5 nitrogen and oxygen atoms in total. The standard InChI is InChI=1S/C14H23N3O2/c18-13-14(19)17-7-6-15-8-12(17)10-16(13)9-11-4-2-1-3-5-11/h11-12,15H,1-10H2. The second-order valence-corrected chi connectivity index (χ2v) is 6.07. The molecule has 2 saturated heterocycles. The number of nitrogens with zero attached hydrogens (tertiary/aromatic N) is 2. The topological polar surface area (TPSA) is 52.7 Å².